The third kappa shape index (κ3) is 2.46. The first-order valence-electron chi connectivity index (χ1n) is 6.72. The largest absolute Gasteiger partial charge is 0.496 e. The van der Waals surface area contributed by atoms with E-state index in [1.807, 2.05) is 25.1 Å². The minimum absolute atomic E-state index is 0.499. The fraction of sp³-hybridized carbons (Fsp3) is 0.429. The first kappa shape index (κ1) is 12.9. The molecule has 0 bridgehead atoms. The van der Waals surface area contributed by atoms with Gasteiger partial charge in [-0.05, 0) is 19.1 Å². The lowest BCUT2D eigenvalue weighted by Gasteiger charge is -2.24. The maximum absolute atomic E-state index is 5.80. The maximum atomic E-state index is 5.80. The van der Waals surface area contributed by atoms with Crippen molar-refractivity contribution in [2.24, 2.45) is 0 Å². The van der Waals surface area contributed by atoms with Crippen LogP contribution in [0.1, 0.15) is 5.56 Å². The number of nitrogens with one attached hydrogen (secondary N) is 1. The van der Waals surface area contributed by atoms with E-state index in [4.69, 9.17) is 9.15 Å². The Kier molecular flexibility index (Phi) is 3.56. The fourth-order valence-corrected chi connectivity index (χ4v) is 2.30. The molecule has 0 unspecified atom stereocenters. The first-order chi connectivity index (χ1) is 9.78. The number of aromatic nitrogens is 2. The molecule has 0 radical (unpaired) electrons. The average Bonchev–Trinajstić information content (AvgIpc) is 2.98. The quantitative estimate of drug-likeness (QED) is 0.914. The Morgan fingerprint density at radius 3 is 2.80 bits per heavy atom. The zero-order valence-corrected chi connectivity index (χ0v) is 11.7. The van der Waals surface area contributed by atoms with Crippen LogP contribution in [-0.2, 0) is 0 Å². The van der Waals surface area contributed by atoms with Gasteiger partial charge in [-0.15, -0.1) is 5.10 Å². The van der Waals surface area contributed by atoms with Crippen LogP contribution in [0.15, 0.2) is 22.6 Å². The molecule has 0 amide bonds. The summed E-state index contributed by atoms with van der Waals surface area (Å²) in [6, 6.07) is 6.48. The number of piperazine rings is 1. The van der Waals surface area contributed by atoms with Gasteiger partial charge in [0.15, 0.2) is 0 Å². The molecule has 3 rings (SSSR count). The minimum Gasteiger partial charge on any atom is -0.496 e. The normalized spacial score (nSPS) is 15.4. The van der Waals surface area contributed by atoms with Crippen molar-refractivity contribution in [1.82, 2.24) is 15.5 Å². The molecule has 6 heteroatoms. The molecule has 0 saturated carbocycles. The summed E-state index contributed by atoms with van der Waals surface area (Å²) in [5.74, 6) is 1.24. The first-order valence-corrected chi connectivity index (χ1v) is 6.72. The van der Waals surface area contributed by atoms with Crippen LogP contribution in [0.4, 0.5) is 6.01 Å². The van der Waals surface area contributed by atoms with Gasteiger partial charge >= 0.3 is 6.01 Å². The number of methoxy groups -OCH3 is 1. The maximum Gasteiger partial charge on any atom is 0.318 e. The van der Waals surface area contributed by atoms with E-state index in [2.05, 4.69) is 20.4 Å². The van der Waals surface area contributed by atoms with E-state index in [1.165, 1.54) is 0 Å². The molecular weight excluding hydrogens is 256 g/mol. The predicted molar refractivity (Wildman–Crippen MR) is 76.1 cm³/mol. The Morgan fingerprint density at radius 1 is 1.25 bits per heavy atom. The van der Waals surface area contributed by atoms with Gasteiger partial charge in [0.05, 0.1) is 12.7 Å². The molecule has 0 atom stereocenters. The van der Waals surface area contributed by atoms with Crippen molar-refractivity contribution in [2.75, 3.05) is 38.2 Å². The molecule has 6 nitrogen and oxygen atoms in total. The lowest BCUT2D eigenvalue weighted by Crippen LogP contribution is -2.43. The molecule has 1 aromatic heterocycles. The molecule has 0 spiro atoms. The molecule has 1 aliphatic rings. The third-order valence-corrected chi connectivity index (χ3v) is 3.39. The number of hydrogen-bond acceptors (Lipinski definition) is 6. The Bertz CT molecular complexity index is 591. The molecule has 1 aromatic carbocycles. The third-order valence-electron chi connectivity index (χ3n) is 3.39. The van der Waals surface area contributed by atoms with Crippen LogP contribution in [0.3, 0.4) is 0 Å². The van der Waals surface area contributed by atoms with E-state index in [1.54, 1.807) is 7.11 Å². The summed E-state index contributed by atoms with van der Waals surface area (Å²) < 4.78 is 11.2. The molecule has 2 heterocycles. The van der Waals surface area contributed by atoms with Gasteiger partial charge in [0.25, 0.3) is 5.89 Å². The van der Waals surface area contributed by atoms with Gasteiger partial charge in [-0.2, -0.15) is 0 Å². The zero-order valence-electron chi connectivity index (χ0n) is 11.7. The highest BCUT2D eigenvalue weighted by molar-refractivity contribution is 5.64. The topological polar surface area (TPSA) is 63.4 Å². The number of nitrogens with zero attached hydrogens (tertiary/aromatic N) is 3. The van der Waals surface area contributed by atoms with Crippen molar-refractivity contribution >= 4 is 6.01 Å². The summed E-state index contributed by atoms with van der Waals surface area (Å²) in [5.41, 5.74) is 1.96. The summed E-state index contributed by atoms with van der Waals surface area (Å²) in [4.78, 5) is 2.09. The van der Waals surface area contributed by atoms with Crippen LogP contribution in [0.5, 0.6) is 5.75 Å². The number of hydrogen-bond donors (Lipinski definition) is 1. The summed E-state index contributed by atoms with van der Waals surface area (Å²) in [7, 11) is 1.64. The van der Waals surface area contributed by atoms with E-state index >= 15 is 0 Å². The Balaban J connectivity index is 1.91. The Labute approximate surface area is 117 Å². The summed E-state index contributed by atoms with van der Waals surface area (Å²) in [5, 5.41) is 11.6. The highest BCUT2D eigenvalue weighted by atomic mass is 16.5. The smallest absolute Gasteiger partial charge is 0.318 e. The molecule has 106 valence electrons. The number of anilines is 1. The monoisotopic (exact) mass is 274 g/mol. The van der Waals surface area contributed by atoms with Crippen LogP contribution in [0.2, 0.25) is 0 Å². The van der Waals surface area contributed by atoms with Gasteiger partial charge in [0.2, 0.25) is 0 Å². The summed E-state index contributed by atoms with van der Waals surface area (Å²) in [6.07, 6.45) is 0. The molecule has 1 aliphatic heterocycles. The minimum atomic E-state index is 0.499. The van der Waals surface area contributed by atoms with Gasteiger partial charge in [0, 0.05) is 26.2 Å². The van der Waals surface area contributed by atoms with E-state index in [0.717, 1.165) is 43.1 Å². The second-order valence-electron chi connectivity index (χ2n) is 4.83. The van der Waals surface area contributed by atoms with Crippen LogP contribution in [0, 0.1) is 6.92 Å². The lowest BCUT2D eigenvalue weighted by molar-refractivity contribution is 0.414. The van der Waals surface area contributed by atoms with Gasteiger partial charge in [0.1, 0.15) is 5.75 Å². The second-order valence-corrected chi connectivity index (χ2v) is 4.83. The van der Waals surface area contributed by atoms with E-state index < -0.39 is 0 Å². The Morgan fingerprint density at radius 2 is 2.05 bits per heavy atom. The van der Waals surface area contributed by atoms with Gasteiger partial charge < -0.3 is 19.4 Å². The zero-order chi connectivity index (χ0) is 13.9. The number of ether oxygens (including phenoxy) is 1. The van der Waals surface area contributed by atoms with Crippen molar-refractivity contribution in [3.63, 3.8) is 0 Å². The highest BCUT2D eigenvalue weighted by Gasteiger charge is 2.19. The standard InChI is InChI=1S/C14H18N4O2/c1-10-3-4-12(19-2)11(9-10)13-16-17-14(20-13)18-7-5-15-6-8-18/h3-4,9,15H,5-8H2,1-2H3. The SMILES string of the molecule is COc1ccc(C)cc1-c1nnc(N2CCNCC2)o1. The van der Waals surface area contributed by atoms with Crippen LogP contribution in [0.25, 0.3) is 11.5 Å². The van der Waals surface area contributed by atoms with Gasteiger partial charge in [-0.1, -0.05) is 16.7 Å². The van der Waals surface area contributed by atoms with Crippen molar-refractivity contribution in [1.29, 1.82) is 0 Å². The lowest BCUT2D eigenvalue weighted by atomic mass is 10.1. The van der Waals surface area contributed by atoms with Gasteiger partial charge in [-0.25, -0.2) is 0 Å². The van der Waals surface area contributed by atoms with E-state index in [9.17, 15) is 0 Å². The van der Waals surface area contributed by atoms with Crippen molar-refractivity contribution < 1.29 is 9.15 Å². The predicted octanol–water partition coefficient (Wildman–Crippen LogP) is 1.46. The molecular formula is C14H18N4O2. The van der Waals surface area contributed by atoms with Crippen molar-refractivity contribution in [3.8, 4) is 17.2 Å². The van der Waals surface area contributed by atoms with Crippen molar-refractivity contribution in [2.45, 2.75) is 6.92 Å². The molecule has 0 aliphatic carbocycles. The summed E-state index contributed by atoms with van der Waals surface area (Å²) in [6.45, 7) is 5.66. The average molecular weight is 274 g/mol. The molecule has 1 N–H and O–H groups in total. The van der Waals surface area contributed by atoms with E-state index in [0.29, 0.717) is 11.9 Å². The highest BCUT2D eigenvalue weighted by Crippen LogP contribution is 2.31. The molecule has 1 saturated heterocycles. The second kappa shape index (κ2) is 5.50. The Hall–Kier alpha value is -2.08. The van der Waals surface area contributed by atoms with Crippen molar-refractivity contribution in [3.05, 3.63) is 23.8 Å². The van der Waals surface area contributed by atoms with Crippen LogP contribution < -0.4 is 15.0 Å². The van der Waals surface area contributed by atoms with E-state index in [-0.39, 0.29) is 0 Å². The van der Waals surface area contributed by atoms with Gasteiger partial charge in [-0.3, -0.25) is 0 Å². The molecule has 20 heavy (non-hydrogen) atoms. The number of benzene rings is 1. The van der Waals surface area contributed by atoms with Crippen LogP contribution >= 0.6 is 0 Å². The number of aryl methyl sites for hydroxylation is 1. The molecule has 1 fully saturated rings. The summed E-state index contributed by atoms with van der Waals surface area (Å²) >= 11 is 0. The number of rotatable bonds is 3. The molecule has 2 aromatic rings. The fourth-order valence-electron chi connectivity index (χ4n) is 2.30. The van der Waals surface area contributed by atoms with Crippen LogP contribution in [-0.4, -0.2) is 43.5 Å².